The minimum absolute atomic E-state index is 0.204. The molecule has 0 aromatic heterocycles. The molecule has 3 rings (SSSR count). The van der Waals surface area contributed by atoms with Gasteiger partial charge in [-0.1, -0.05) is 12.1 Å². The molecule has 2 aromatic carbocycles. The number of anilines is 1. The van der Waals surface area contributed by atoms with Gasteiger partial charge < -0.3 is 10.1 Å². The number of nitrogens with one attached hydrogen (secondary N) is 1. The molecule has 0 heterocycles. The van der Waals surface area contributed by atoms with Crippen LogP contribution in [-0.2, 0) is 27.2 Å². The van der Waals surface area contributed by atoms with E-state index in [4.69, 9.17) is 4.74 Å². The lowest BCUT2D eigenvalue weighted by Crippen LogP contribution is -2.21. The smallest absolute Gasteiger partial charge is 0.316 e. The van der Waals surface area contributed by atoms with Gasteiger partial charge in [-0.25, -0.2) is 0 Å². The average Bonchev–Trinajstić information content (AvgIpc) is 3.05. The molecule has 0 saturated heterocycles. The summed E-state index contributed by atoms with van der Waals surface area (Å²) < 4.78 is 5.08. The molecule has 26 heavy (non-hydrogen) atoms. The number of amides is 1. The van der Waals surface area contributed by atoms with Gasteiger partial charge in [-0.15, -0.1) is 11.8 Å². The molecule has 0 unspecified atom stereocenters. The molecule has 5 heteroatoms. The minimum atomic E-state index is -0.383. The van der Waals surface area contributed by atoms with Crippen LogP contribution in [0.15, 0.2) is 41.3 Å². The molecule has 0 radical (unpaired) electrons. The second-order valence-corrected chi connectivity index (χ2v) is 7.71. The van der Waals surface area contributed by atoms with Gasteiger partial charge in [-0.05, 0) is 79.6 Å². The Morgan fingerprint density at radius 1 is 1.04 bits per heavy atom. The molecule has 2 aromatic rings. The maximum atomic E-state index is 11.9. The number of hydrogen-bond acceptors (Lipinski definition) is 4. The Hall–Kier alpha value is -2.27. The van der Waals surface area contributed by atoms with Gasteiger partial charge in [0.05, 0.1) is 5.75 Å². The molecule has 1 N–H and O–H groups in total. The van der Waals surface area contributed by atoms with Gasteiger partial charge >= 0.3 is 5.97 Å². The zero-order valence-corrected chi connectivity index (χ0v) is 15.9. The summed E-state index contributed by atoms with van der Waals surface area (Å²) in [6, 6.07) is 12.2. The summed E-state index contributed by atoms with van der Waals surface area (Å²) in [5.74, 6) is -0.507. The lowest BCUT2D eigenvalue weighted by Gasteiger charge is -2.09. The van der Waals surface area contributed by atoms with Crippen LogP contribution < -0.4 is 5.32 Å². The summed E-state index contributed by atoms with van der Waals surface area (Å²) in [5.41, 5.74) is 5.67. The Morgan fingerprint density at radius 2 is 1.77 bits per heavy atom. The minimum Gasteiger partial charge on any atom is -0.455 e. The van der Waals surface area contributed by atoms with E-state index >= 15 is 0 Å². The van der Waals surface area contributed by atoms with Crippen molar-refractivity contribution in [3.63, 3.8) is 0 Å². The number of carbonyl (C=O) groups is 2. The molecule has 0 bridgehead atoms. The fraction of sp³-hybridized carbons (Fsp3) is 0.333. The van der Waals surface area contributed by atoms with E-state index in [1.807, 2.05) is 32.0 Å². The van der Waals surface area contributed by atoms with E-state index in [1.54, 1.807) is 0 Å². The maximum absolute atomic E-state index is 11.9. The quantitative estimate of drug-likeness (QED) is 0.616. The molecular weight excluding hydrogens is 346 g/mol. The Balaban J connectivity index is 1.43. The van der Waals surface area contributed by atoms with Gasteiger partial charge in [0, 0.05) is 10.6 Å². The van der Waals surface area contributed by atoms with E-state index in [0.29, 0.717) is 0 Å². The van der Waals surface area contributed by atoms with Crippen molar-refractivity contribution in [1.82, 2.24) is 0 Å². The topological polar surface area (TPSA) is 55.4 Å². The third kappa shape index (κ3) is 5.11. The number of carbonyl (C=O) groups excluding carboxylic acids is 2. The first-order chi connectivity index (χ1) is 12.5. The SMILES string of the molecule is Cc1cc(C)cc(NC(=O)COC(=O)CSc2ccc3c(c2)CCC3)c1. The van der Waals surface area contributed by atoms with E-state index < -0.39 is 0 Å². The number of hydrogen-bond donors (Lipinski definition) is 1. The summed E-state index contributed by atoms with van der Waals surface area (Å²) in [4.78, 5) is 24.9. The van der Waals surface area contributed by atoms with Crippen molar-refractivity contribution in [2.75, 3.05) is 17.7 Å². The molecule has 0 saturated carbocycles. The fourth-order valence-electron chi connectivity index (χ4n) is 3.21. The van der Waals surface area contributed by atoms with E-state index in [2.05, 4.69) is 23.5 Å². The number of benzene rings is 2. The molecular formula is C21H23NO3S. The lowest BCUT2D eigenvalue weighted by molar-refractivity contribution is -0.144. The molecule has 4 nitrogen and oxygen atoms in total. The monoisotopic (exact) mass is 369 g/mol. The van der Waals surface area contributed by atoms with Crippen molar-refractivity contribution < 1.29 is 14.3 Å². The van der Waals surface area contributed by atoms with E-state index in [0.717, 1.165) is 34.6 Å². The van der Waals surface area contributed by atoms with Crippen LogP contribution in [0.2, 0.25) is 0 Å². The first-order valence-electron chi connectivity index (χ1n) is 8.78. The number of ether oxygens (including phenoxy) is 1. The van der Waals surface area contributed by atoms with Crippen LogP contribution in [-0.4, -0.2) is 24.2 Å². The summed E-state index contributed by atoms with van der Waals surface area (Å²) in [7, 11) is 0. The summed E-state index contributed by atoms with van der Waals surface area (Å²) in [6.07, 6.45) is 3.48. The molecule has 136 valence electrons. The lowest BCUT2D eigenvalue weighted by atomic mass is 10.1. The normalized spacial score (nSPS) is 12.5. The second-order valence-electron chi connectivity index (χ2n) is 6.66. The molecule has 0 aliphatic heterocycles. The van der Waals surface area contributed by atoms with Crippen LogP contribution in [0.4, 0.5) is 5.69 Å². The Labute approximate surface area is 158 Å². The zero-order valence-electron chi connectivity index (χ0n) is 15.1. The van der Waals surface area contributed by atoms with Crippen molar-refractivity contribution in [3.8, 4) is 0 Å². The predicted octanol–water partition coefficient (Wildman–Crippen LogP) is 4.07. The Morgan fingerprint density at radius 3 is 2.54 bits per heavy atom. The van der Waals surface area contributed by atoms with Crippen LogP contribution in [0.1, 0.15) is 28.7 Å². The number of rotatable bonds is 6. The molecule has 1 aliphatic rings. The van der Waals surface area contributed by atoms with Crippen LogP contribution in [0.3, 0.4) is 0 Å². The standard InChI is InChI=1S/C21H23NO3S/c1-14-8-15(2)10-18(9-14)22-20(23)12-25-21(24)13-26-19-7-6-16-4-3-5-17(16)11-19/h6-11H,3-5,12-13H2,1-2H3,(H,22,23). The molecule has 0 atom stereocenters. The number of thioether (sulfide) groups is 1. The highest BCUT2D eigenvalue weighted by molar-refractivity contribution is 8.00. The number of aryl methyl sites for hydroxylation is 4. The first-order valence-corrected chi connectivity index (χ1v) is 9.76. The zero-order chi connectivity index (χ0) is 18.5. The van der Waals surface area contributed by atoms with Crippen LogP contribution in [0.25, 0.3) is 0 Å². The highest BCUT2D eigenvalue weighted by atomic mass is 32.2. The third-order valence-electron chi connectivity index (χ3n) is 4.30. The van der Waals surface area contributed by atoms with Gasteiger partial charge in [-0.3, -0.25) is 9.59 Å². The van der Waals surface area contributed by atoms with Gasteiger partial charge in [0.25, 0.3) is 5.91 Å². The largest absolute Gasteiger partial charge is 0.455 e. The van der Waals surface area contributed by atoms with Gasteiger partial charge in [-0.2, -0.15) is 0 Å². The highest BCUT2D eigenvalue weighted by Crippen LogP contribution is 2.27. The van der Waals surface area contributed by atoms with Crippen LogP contribution in [0.5, 0.6) is 0 Å². The van der Waals surface area contributed by atoms with Crippen molar-refractivity contribution in [2.24, 2.45) is 0 Å². The maximum Gasteiger partial charge on any atom is 0.316 e. The number of fused-ring (bicyclic) bond motifs is 1. The Bertz CT molecular complexity index is 812. The average molecular weight is 369 g/mol. The predicted molar refractivity (Wildman–Crippen MR) is 105 cm³/mol. The fourth-order valence-corrected chi connectivity index (χ4v) is 3.97. The van der Waals surface area contributed by atoms with Gasteiger partial charge in [0.2, 0.25) is 0 Å². The van der Waals surface area contributed by atoms with Crippen LogP contribution in [0, 0.1) is 13.8 Å². The van der Waals surface area contributed by atoms with Gasteiger partial charge in [0.15, 0.2) is 6.61 Å². The van der Waals surface area contributed by atoms with Crippen LogP contribution >= 0.6 is 11.8 Å². The summed E-state index contributed by atoms with van der Waals surface area (Å²) >= 11 is 1.45. The molecule has 0 fully saturated rings. The number of esters is 1. The highest BCUT2D eigenvalue weighted by Gasteiger charge is 2.13. The van der Waals surface area contributed by atoms with E-state index in [-0.39, 0.29) is 24.2 Å². The summed E-state index contributed by atoms with van der Waals surface area (Å²) in [6.45, 7) is 3.67. The second kappa shape index (κ2) is 8.41. The molecule has 1 amide bonds. The first kappa shape index (κ1) is 18.5. The van der Waals surface area contributed by atoms with E-state index in [9.17, 15) is 9.59 Å². The van der Waals surface area contributed by atoms with Crippen molar-refractivity contribution in [3.05, 3.63) is 58.7 Å². The van der Waals surface area contributed by atoms with Crippen molar-refractivity contribution >= 4 is 29.3 Å². The van der Waals surface area contributed by atoms with E-state index in [1.165, 1.54) is 29.3 Å². The van der Waals surface area contributed by atoms with Crippen molar-refractivity contribution in [2.45, 2.75) is 38.0 Å². The third-order valence-corrected chi connectivity index (χ3v) is 5.26. The molecule has 0 spiro atoms. The van der Waals surface area contributed by atoms with Crippen molar-refractivity contribution in [1.29, 1.82) is 0 Å². The summed E-state index contributed by atoms with van der Waals surface area (Å²) in [5, 5.41) is 2.76. The van der Waals surface area contributed by atoms with Gasteiger partial charge in [0.1, 0.15) is 0 Å². The Kier molecular flexibility index (Phi) is 5.99. The molecule has 1 aliphatic carbocycles.